The van der Waals surface area contributed by atoms with E-state index in [-0.39, 0.29) is 10.7 Å². The lowest BCUT2D eigenvalue weighted by molar-refractivity contribution is 0.0698. The van der Waals surface area contributed by atoms with Crippen LogP contribution >= 0.6 is 23.8 Å². The molecule has 0 aromatic heterocycles. The molecule has 0 radical (unpaired) electrons. The molecule has 1 amide bonds. The molecule has 2 rings (SSSR count). The molecule has 0 unspecified atom stereocenters. The lowest BCUT2D eigenvalue weighted by atomic mass is 10.1. The number of amides is 1. The zero-order valence-corrected chi connectivity index (χ0v) is 15.7. The molecule has 0 saturated heterocycles. The molecular formula is C18H19ClN2O3S. The van der Waals surface area contributed by atoms with Gasteiger partial charge in [-0.2, -0.15) is 0 Å². The molecule has 25 heavy (non-hydrogen) atoms. The van der Waals surface area contributed by atoms with Crippen LogP contribution < -0.4 is 10.6 Å². The number of carbonyl (C=O) groups excluding carboxylic acids is 1. The standard InChI is InChI=1S/C16H13ClN2O3S.C2H6/c1-9-6-7-12(17)11(8-9)14(20)19-16(23)18-13-5-3-2-4-10(13)15(21)22;1-2/h2-8H,1H3,(H,21,22)(H2,18,19,20,23);1-2H3. The molecule has 0 fully saturated rings. The Morgan fingerprint density at radius 1 is 1.08 bits per heavy atom. The molecular weight excluding hydrogens is 360 g/mol. The third-order valence-electron chi connectivity index (χ3n) is 3.00. The largest absolute Gasteiger partial charge is 0.478 e. The average molecular weight is 379 g/mol. The Hall–Kier alpha value is -2.44. The zero-order chi connectivity index (χ0) is 19.0. The number of para-hydroxylation sites is 1. The first kappa shape index (κ1) is 20.6. The second-order valence-electron chi connectivity index (χ2n) is 4.74. The predicted octanol–water partition coefficient (Wildman–Crippen LogP) is 4.50. The smallest absolute Gasteiger partial charge is 0.337 e. The number of halogens is 1. The van der Waals surface area contributed by atoms with Gasteiger partial charge in [-0.3, -0.25) is 10.1 Å². The van der Waals surface area contributed by atoms with Gasteiger partial charge in [0.05, 0.1) is 21.8 Å². The minimum Gasteiger partial charge on any atom is -0.478 e. The second-order valence-corrected chi connectivity index (χ2v) is 5.56. The minimum atomic E-state index is -1.09. The third-order valence-corrected chi connectivity index (χ3v) is 3.53. The van der Waals surface area contributed by atoms with E-state index in [1.54, 1.807) is 36.4 Å². The van der Waals surface area contributed by atoms with Crippen molar-refractivity contribution in [2.45, 2.75) is 20.8 Å². The number of benzene rings is 2. The van der Waals surface area contributed by atoms with Crippen molar-refractivity contribution in [2.24, 2.45) is 0 Å². The summed E-state index contributed by atoms with van der Waals surface area (Å²) in [6.45, 7) is 5.84. The van der Waals surface area contributed by atoms with E-state index in [1.807, 2.05) is 20.8 Å². The summed E-state index contributed by atoms with van der Waals surface area (Å²) in [5, 5.41) is 14.6. The molecule has 3 N–H and O–H groups in total. The molecule has 5 nitrogen and oxygen atoms in total. The van der Waals surface area contributed by atoms with Crippen molar-refractivity contribution in [1.29, 1.82) is 0 Å². The average Bonchev–Trinajstić information content (AvgIpc) is 2.59. The molecule has 7 heteroatoms. The maximum absolute atomic E-state index is 12.2. The summed E-state index contributed by atoms with van der Waals surface area (Å²) in [6.07, 6.45) is 0. The first-order chi connectivity index (χ1) is 11.9. The maximum Gasteiger partial charge on any atom is 0.337 e. The fourth-order valence-corrected chi connectivity index (χ4v) is 2.32. The quantitative estimate of drug-likeness (QED) is 0.685. The number of nitrogens with one attached hydrogen (secondary N) is 2. The van der Waals surface area contributed by atoms with Crippen LogP contribution in [0.1, 0.15) is 40.1 Å². The van der Waals surface area contributed by atoms with Crippen LogP contribution in [-0.4, -0.2) is 22.1 Å². The van der Waals surface area contributed by atoms with Crippen LogP contribution in [-0.2, 0) is 0 Å². The Kier molecular flexibility index (Phi) is 8.04. The normalized spacial score (nSPS) is 9.44. The van der Waals surface area contributed by atoms with Crippen LogP contribution in [0.5, 0.6) is 0 Å². The summed E-state index contributed by atoms with van der Waals surface area (Å²) in [6, 6.07) is 11.3. The van der Waals surface area contributed by atoms with Gasteiger partial charge in [-0.15, -0.1) is 0 Å². The van der Waals surface area contributed by atoms with E-state index in [1.165, 1.54) is 6.07 Å². The number of hydrogen-bond donors (Lipinski definition) is 3. The van der Waals surface area contributed by atoms with Crippen molar-refractivity contribution in [3.05, 3.63) is 64.2 Å². The fourth-order valence-electron chi connectivity index (χ4n) is 1.92. The Morgan fingerprint density at radius 3 is 2.36 bits per heavy atom. The molecule has 132 valence electrons. The highest BCUT2D eigenvalue weighted by Crippen LogP contribution is 2.18. The Labute approximate surface area is 157 Å². The van der Waals surface area contributed by atoms with Gasteiger partial charge in [-0.1, -0.05) is 49.2 Å². The summed E-state index contributed by atoms with van der Waals surface area (Å²) in [5.74, 6) is -1.56. The Morgan fingerprint density at radius 2 is 1.72 bits per heavy atom. The molecule has 0 aliphatic carbocycles. The molecule has 0 aliphatic heterocycles. The Bertz CT molecular complexity index is 794. The highest BCUT2D eigenvalue weighted by atomic mass is 35.5. The zero-order valence-electron chi connectivity index (χ0n) is 14.1. The number of carbonyl (C=O) groups is 2. The summed E-state index contributed by atoms with van der Waals surface area (Å²) in [4.78, 5) is 23.3. The van der Waals surface area contributed by atoms with Gasteiger partial charge in [-0.05, 0) is 43.4 Å². The number of thiocarbonyl (C=S) groups is 1. The minimum absolute atomic E-state index is 0.0127. The number of rotatable bonds is 3. The van der Waals surface area contributed by atoms with Crippen molar-refractivity contribution in [3.63, 3.8) is 0 Å². The van der Waals surface area contributed by atoms with Crippen molar-refractivity contribution in [1.82, 2.24) is 5.32 Å². The maximum atomic E-state index is 12.2. The topological polar surface area (TPSA) is 78.4 Å². The molecule has 0 heterocycles. The van der Waals surface area contributed by atoms with E-state index in [0.29, 0.717) is 16.3 Å². The van der Waals surface area contributed by atoms with E-state index >= 15 is 0 Å². The van der Waals surface area contributed by atoms with E-state index < -0.39 is 11.9 Å². The number of anilines is 1. The first-order valence-corrected chi connectivity index (χ1v) is 8.38. The summed E-state index contributed by atoms with van der Waals surface area (Å²) >= 11 is 11.1. The second kappa shape index (κ2) is 9.76. The lowest BCUT2D eigenvalue weighted by Crippen LogP contribution is -2.34. The molecule has 0 aliphatic rings. The Balaban J connectivity index is 0.00000151. The number of aryl methyl sites for hydroxylation is 1. The van der Waals surface area contributed by atoms with Crippen LogP contribution in [0.3, 0.4) is 0 Å². The molecule has 2 aromatic rings. The van der Waals surface area contributed by atoms with Gasteiger partial charge in [0.2, 0.25) is 0 Å². The van der Waals surface area contributed by atoms with E-state index in [4.69, 9.17) is 28.9 Å². The van der Waals surface area contributed by atoms with Gasteiger partial charge in [0.25, 0.3) is 5.91 Å². The number of carboxylic acid groups (broad SMARTS) is 1. The highest BCUT2D eigenvalue weighted by Gasteiger charge is 2.14. The van der Waals surface area contributed by atoms with Gasteiger partial charge < -0.3 is 10.4 Å². The fraction of sp³-hybridized carbons (Fsp3) is 0.167. The number of hydrogen-bond acceptors (Lipinski definition) is 3. The van der Waals surface area contributed by atoms with Crippen LogP contribution in [0.2, 0.25) is 5.02 Å². The first-order valence-electron chi connectivity index (χ1n) is 7.59. The van der Waals surface area contributed by atoms with Crippen molar-refractivity contribution in [2.75, 3.05) is 5.32 Å². The van der Waals surface area contributed by atoms with Gasteiger partial charge in [0.15, 0.2) is 5.11 Å². The monoisotopic (exact) mass is 378 g/mol. The summed E-state index contributed by atoms with van der Waals surface area (Å²) < 4.78 is 0. The van der Waals surface area contributed by atoms with Crippen LogP contribution in [0, 0.1) is 6.92 Å². The summed E-state index contributed by atoms with van der Waals surface area (Å²) in [7, 11) is 0. The predicted molar refractivity (Wildman–Crippen MR) is 105 cm³/mol. The molecule has 0 atom stereocenters. The van der Waals surface area contributed by atoms with Crippen LogP contribution in [0.4, 0.5) is 5.69 Å². The lowest BCUT2D eigenvalue weighted by Gasteiger charge is -2.12. The molecule has 0 spiro atoms. The molecule has 2 aromatic carbocycles. The molecule has 0 saturated carbocycles. The van der Waals surface area contributed by atoms with E-state index in [9.17, 15) is 9.59 Å². The number of aromatic carboxylic acids is 1. The van der Waals surface area contributed by atoms with Gasteiger partial charge >= 0.3 is 5.97 Å². The third kappa shape index (κ3) is 5.85. The number of carboxylic acids is 1. The van der Waals surface area contributed by atoms with E-state index in [0.717, 1.165) is 5.56 Å². The van der Waals surface area contributed by atoms with Gasteiger partial charge in [-0.25, -0.2) is 4.79 Å². The van der Waals surface area contributed by atoms with Crippen LogP contribution in [0.15, 0.2) is 42.5 Å². The SMILES string of the molecule is CC.Cc1ccc(Cl)c(C(=O)NC(=S)Nc2ccccc2C(=O)O)c1. The molecule has 0 bridgehead atoms. The van der Waals surface area contributed by atoms with Crippen molar-refractivity contribution >= 4 is 46.5 Å². The summed E-state index contributed by atoms with van der Waals surface area (Å²) in [5.41, 5.74) is 1.52. The van der Waals surface area contributed by atoms with Crippen LogP contribution in [0.25, 0.3) is 0 Å². The van der Waals surface area contributed by atoms with E-state index in [2.05, 4.69) is 10.6 Å². The van der Waals surface area contributed by atoms with Crippen molar-refractivity contribution < 1.29 is 14.7 Å². The van der Waals surface area contributed by atoms with Gasteiger partial charge in [0, 0.05) is 0 Å². The van der Waals surface area contributed by atoms with Crippen molar-refractivity contribution in [3.8, 4) is 0 Å². The van der Waals surface area contributed by atoms with Gasteiger partial charge in [0.1, 0.15) is 0 Å². The highest BCUT2D eigenvalue weighted by molar-refractivity contribution is 7.80.